The van der Waals surface area contributed by atoms with Crippen LogP contribution < -0.4 is 0 Å². The van der Waals surface area contributed by atoms with E-state index in [2.05, 4.69) is 256 Å². The van der Waals surface area contributed by atoms with Gasteiger partial charge in [0.2, 0.25) is 0 Å². The van der Waals surface area contributed by atoms with E-state index in [1.165, 1.54) is 127 Å². The summed E-state index contributed by atoms with van der Waals surface area (Å²) in [6.07, 6.45) is 0. The molecule has 66 heavy (non-hydrogen) atoms. The fraction of sp³-hybridized carbons (Fsp3) is 0.0303. The van der Waals surface area contributed by atoms with Crippen LogP contribution in [0.2, 0.25) is 0 Å². The molecule has 12 aromatic carbocycles. The van der Waals surface area contributed by atoms with Crippen LogP contribution in [0.4, 0.5) is 0 Å². The molecule has 0 nitrogen and oxygen atoms in total. The molecule has 308 valence electrons. The molecule has 0 aromatic heterocycles. The quantitative estimate of drug-likeness (QED) is 0.116. The van der Waals surface area contributed by atoms with E-state index >= 15 is 0 Å². The molecule has 1 aliphatic carbocycles. The maximum atomic E-state index is 2.49. The van der Waals surface area contributed by atoms with Crippen LogP contribution in [0.3, 0.4) is 0 Å². The van der Waals surface area contributed by atoms with Crippen molar-refractivity contribution in [2.24, 2.45) is 0 Å². The van der Waals surface area contributed by atoms with E-state index in [4.69, 9.17) is 0 Å². The summed E-state index contributed by atoms with van der Waals surface area (Å²) < 4.78 is 0. The molecule has 1 unspecified atom stereocenters. The van der Waals surface area contributed by atoms with Gasteiger partial charge in [-0.25, -0.2) is 0 Å². The van der Waals surface area contributed by atoms with Crippen molar-refractivity contribution >= 4 is 43.1 Å². The van der Waals surface area contributed by atoms with Crippen molar-refractivity contribution in [3.63, 3.8) is 0 Å². The van der Waals surface area contributed by atoms with Crippen LogP contribution in [0.5, 0.6) is 0 Å². The summed E-state index contributed by atoms with van der Waals surface area (Å²) in [4.78, 5) is 0. The second-order valence-electron chi connectivity index (χ2n) is 18.0. The average Bonchev–Trinajstić information content (AvgIpc) is 3.64. The van der Waals surface area contributed by atoms with E-state index in [0.717, 1.165) is 0 Å². The van der Waals surface area contributed by atoms with Crippen LogP contribution in [-0.2, 0) is 5.41 Å². The first-order chi connectivity index (χ1) is 32.6. The Morgan fingerprint density at radius 1 is 0.258 bits per heavy atom. The summed E-state index contributed by atoms with van der Waals surface area (Å²) in [5.74, 6) is 0. The minimum absolute atomic E-state index is 0.335. The second kappa shape index (κ2) is 15.2. The molecular formula is C66H44. The van der Waals surface area contributed by atoms with E-state index in [0.29, 0.717) is 0 Å². The first kappa shape index (κ1) is 38.2. The second-order valence-corrected chi connectivity index (χ2v) is 18.0. The zero-order valence-corrected chi connectivity index (χ0v) is 36.7. The zero-order chi connectivity index (χ0) is 43.8. The summed E-state index contributed by atoms with van der Waals surface area (Å²) in [6.45, 7) is 2.43. The highest BCUT2D eigenvalue weighted by atomic mass is 14.4. The third-order valence-electron chi connectivity index (χ3n) is 14.5. The van der Waals surface area contributed by atoms with Gasteiger partial charge in [-0.15, -0.1) is 0 Å². The summed E-state index contributed by atoms with van der Waals surface area (Å²) in [5.41, 5.74) is 18.6. The van der Waals surface area contributed by atoms with Crippen molar-refractivity contribution in [3.8, 4) is 66.8 Å². The van der Waals surface area contributed by atoms with Gasteiger partial charge in [0, 0.05) is 5.41 Å². The molecule has 1 atom stereocenters. The summed E-state index contributed by atoms with van der Waals surface area (Å²) in [5, 5.41) is 10.0. The van der Waals surface area contributed by atoms with Crippen molar-refractivity contribution < 1.29 is 0 Å². The first-order valence-electron chi connectivity index (χ1n) is 23.1. The van der Waals surface area contributed by atoms with Gasteiger partial charge in [0.25, 0.3) is 0 Å². The largest absolute Gasteiger partial charge is 0.0622 e. The molecule has 0 heteroatoms. The highest BCUT2D eigenvalue weighted by Crippen LogP contribution is 2.55. The van der Waals surface area contributed by atoms with Gasteiger partial charge in [0.15, 0.2) is 0 Å². The van der Waals surface area contributed by atoms with E-state index < -0.39 is 0 Å². The summed E-state index contributed by atoms with van der Waals surface area (Å²) >= 11 is 0. The molecule has 0 N–H and O–H groups in total. The normalized spacial score (nSPS) is 14.2. The Hall–Kier alpha value is -8.32. The Labute approximate surface area is 385 Å². The van der Waals surface area contributed by atoms with Crippen LogP contribution >= 0.6 is 0 Å². The lowest BCUT2D eigenvalue weighted by Crippen LogP contribution is -2.22. The van der Waals surface area contributed by atoms with E-state index in [9.17, 15) is 0 Å². The highest BCUT2D eigenvalue weighted by molar-refractivity contribution is 6.28. The van der Waals surface area contributed by atoms with Gasteiger partial charge < -0.3 is 0 Å². The van der Waals surface area contributed by atoms with Crippen molar-refractivity contribution in [3.05, 3.63) is 265 Å². The number of hydrogen-bond donors (Lipinski definition) is 0. The Balaban J connectivity index is 1.07. The molecule has 12 aromatic rings. The molecule has 0 aliphatic heterocycles. The predicted octanol–water partition coefficient (Wildman–Crippen LogP) is 18.0. The first-order valence-corrected chi connectivity index (χ1v) is 23.1. The van der Waals surface area contributed by atoms with E-state index in [-0.39, 0.29) is 5.41 Å². The highest BCUT2D eigenvalue weighted by Gasteiger charge is 2.41. The standard InChI is InChI=1S/C66H44/c1-66(50-26-9-4-10-27-50)61-42-48(34-37-54(61)60-39-46-24-11-12-25-47(46)41-62(60)66)52-36-35-49(40-59(52)44-21-7-3-8-22-44)63-56-31-17-18-32-57(56)64(58-38-33-45-23-13-14-29-53(45)65(58)63)55-30-16-15-28-51(55)43-19-5-2-6-20-43/h2-42H,1H3. The molecule has 0 radical (unpaired) electrons. The lowest BCUT2D eigenvalue weighted by atomic mass is 9.73. The van der Waals surface area contributed by atoms with Gasteiger partial charge in [0.05, 0.1) is 0 Å². The lowest BCUT2D eigenvalue weighted by molar-refractivity contribution is 0.715. The molecule has 0 amide bonds. The van der Waals surface area contributed by atoms with Crippen molar-refractivity contribution in [1.29, 1.82) is 0 Å². The number of fused-ring (bicyclic) bond motifs is 8. The Morgan fingerprint density at radius 2 is 0.773 bits per heavy atom. The fourth-order valence-corrected chi connectivity index (χ4v) is 11.4. The smallest absolute Gasteiger partial charge is 0.0435 e. The molecule has 0 saturated heterocycles. The van der Waals surface area contributed by atoms with Gasteiger partial charge in [-0.2, -0.15) is 0 Å². The minimum atomic E-state index is -0.335. The van der Waals surface area contributed by atoms with Gasteiger partial charge in [0.1, 0.15) is 0 Å². The molecule has 0 heterocycles. The monoisotopic (exact) mass is 836 g/mol. The van der Waals surface area contributed by atoms with E-state index in [1.807, 2.05) is 0 Å². The third kappa shape index (κ3) is 5.85. The maximum absolute atomic E-state index is 2.49. The SMILES string of the molecule is CC1(c2ccccc2)c2cc(-c3ccc(-c4c5ccccc5c(-c5ccccc5-c5ccccc5)c5ccc6ccccc6c45)cc3-c3ccccc3)ccc2-c2cc3ccccc3cc21. The van der Waals surface area contributed by atoms with Crippen molar-refractivity contribution in [1.82, 2.24) is 0 Å². The predicted molar refractivity (Wildman–Crippen MR) is 281 cm³/mol. The van der Waals surface area contributed by atoms with Crippen LogP contribution in [0.25, 0.3) is 110 Å². The molecule has 0 bridgehead atoms. The number of rotatable bonds is 6. The molecule has 0 spiro atoms. The van der Waals surface area contributed by atoms with Crippen LogP contribution in [-0.4, -0.2) is 0 Å². The third-order valence-corrected chi connectivity index (χ3v) is 14.5. The van der Waals surface area contributed by atoms with Gasteiger partial charge in [-0.05, 0) is 158 Å². The molecule has 0 fully saturated rings. The van der Waals surface area contributed by atoms with Gasteiger partial charge in [-0.1, -0.05) is 224 Å². The van der Waals surface area contributed by atoms with Crippen molar-refractivity contribution in [2.45, 2.75) is 12.3 Å². The minimum Gasteiger partial charge on any atom is -0.0622 e. The molecule has 13 rings (SSSR count). The van der Waals surface area contributed by atoms with Crippen LogP contribution in [0.1, 0.15) is 23.6 Å². The number of hydrogen-bond acceptors (Lipinski definition) is 0. The van der Waals surface area contributed by atoms with E-state index in [1.54, 1.807) is 0 Å². The molecular weight excluding hydrogens is 793 g/mol. The number of benzene rings is 12. The van der Waals surface area contributed by atoms with Crippen LogP contribution in [0, 0.1) is 0 Å². The molecule has 1 aliphatic rings. The fourth-order valence-electron chi connectivity index (χ4n) is 11.4. The Kier molecular flexibility index (Phi) is 8.76. The van der Waals surface area contributed by atoms with Crippen LogP contribution in [0.15, 0.2) is 249 Å². The van der Waals surface area contributed by atoms with Gasteiger partial charge >= 0.3 is 0 Å². The Morgan fingerprint density at radius 3 is 1.50 bits per heavy atom. The Bertz CT molecular complexity index is 3860. The lowest BCUT2D eigenvalue weighted by Gasteiger charge is -2.29. The topological polar surface area (TPSA) is 0 Å². The zero-order valence-electron chi connectivity index (χ0n) is 36.7. The summed E-state index contributed by atoms with van der Waals surface area (Å²) in [6, 6.07) is 92.6. The molecule has 0 saturated carbocycles. The summed E-state index contributed by atoms with van der Waals surface area (Å²) in [7, 11) is 0. The average molecular weight is 837 g/mol. The van der Waals surface area contributed by atoms with Gasteiger partial charge in [-0.3, -0.25) is 0 Å². The van der Waals surface area contributed by atoms with Crippen molar-refractivity contribution in [2.75, 3.05) is 0 Å². The maximum Gasteiger partial charge on any atom is 0.0435 e.